The summed E-state index contributed by atoms with van der Waals surface area (Å²) >= 11 is 0. The Kier molecular flexibility index (Phi) is 8.09. The van der Waals surface area contributed by atoms with Gasteiger partial charge in [-0.05, 0) is 30.7 Å². The van der Waals surface area contributed by atoms with Gasteiger partial charge in [0.1, 0.15) is 5.75 Å². The number of halogens is 3. The molecule has 0 bridgehead atoms. The number of hydrogen-bond acceptors (Lipinski definition) is 4. The van der Waals surface area contributed by atoms with Gasteiger partial charge in [-0.25, -0.2) is 0 Å². The number of ether oxygens (including phenoxy) is 3. The number of nitrogens with zero attached hydrogens (tertiary/aromatic N) is 1. The molecule has 0 fully saturated rings. The van der Waals surface area contributed by atoms with Crippen molar-refractivity contribution in [2.24, 2.45) is 4.99 Å². The molecule has 0 saturated heterocycles. The van der Waals surface area contributed by atoms with E-state index in [0.29, 0.717) is 30.4 Å². The fourth-order valence-electron chi connectivity index (χ4n) is 2.69. The van der Waals surface area contributed by atoms with Crippen LogP contribution in [-0.4, -0.2) is 26.4 Å². The largest absolute Gasteiger partial charge is 0.454 e. The maximum Gasteiger partial charge on any atom is 0.387 e. The average molecular weight is 505 g/mol. The number of hydrogen-bond donors (Lipinski definition) is 2. The molecule has 0 atom stereocenters. The van der Waals surface area contributed by atoms with Gasteiger partial charge in [-0.1, -0.05) is 23.8 Å². The van der Waals surface area contributed by atoms with Gasteiger partial charge in [0.25, 0.3) is 0 Å². The first-order valence-electron chi connectivity index (χ1n) is 8.42. The summed E-state index contributed by atoms with van der Waals surface area (Å²) in [6, 6.07) is 10.8. The van der Waals surface area contributed by atoms with Gasteiger partial charge in [-0.2, -0.15) is 8.78 Å². The zero-order chi connectivity index (χ0) is 19.2. The van der Waals surface area contributed by atoms with Crippen molar-refractivity contribution in [3.63, 3.8) is 0 Å². The highest BCUT2D eigenvalue weighted by atomic mass is 127. The van der Waals surface area contributed by atoms with Crippen molar-refractivity contribution >= 4 is 29.9 Å². The first-order valence-corrected chi connectivity index (χ1v) is 8.42. The molecule has 2 aromatic carbocycles. The van der Waals surface area contributed by atoms with Gasteiger partial charge < -0.3 is 24.8 Å². The topological polar surface area (TPSA) is 64.1 Å². The van der Waals surface area contributed by atoms with Crippen LogP contribution in [0.25, 0.3) is 0 Å². The number of guanidine groups is 1. The molecule has 2 aromatic rings. The molecular formula is C19H22F2IN3O3. The quantitative estimate of drug-likeness (QED) is 0.356. The highest BCUT2D eigenvalue weighted by Crippen LogP contribution is 2.32. The van der Waals surface area contributed by atoms with Crippen LogP contribution in [0, 0.1) is 6.92 Å². The minimum atomic E-state index is -2.87. The summed E-state index contributed by atoms with van der Waals surface area (Å²) in [5, 5.41) is 6.28. The molecule has 0 saturated carbocycles. The highest BCUT2D eigenvalue weighted by Gasteiger charge is 2.14. The molecule has 28 heavy (non-hydrogen) atoms. The molecule has 9 heteroatoms. The Morgan fingerprint density at radius 1 is 1.11 bits per heavy atom. The summed E-state index contributed by atoms with van der Waals surface area (Å²) < 4.78 is 40.4. The molecule has 6 nitrogen and oxygen atoms in total. The average Bonchev–Trinajstić information content (AvgIpc) is 3.11. The van der Waals surface area contributed by atoms with Crippen LogP contribution in [0.1, 0.15) is 16.7 Å². The molecule has 1 heterocycles. The fraction of sp³-hybridized carbons (Fsp3) is 0.316. The number of rotatable bonds is 6. The van der Waals surface area contributed by atoms with Crippen molar-refractivity contribution in [2.45, 2.75) is 26.6 Å². The van der Waals surface area contributed by atoms with E-state index in [4.69, 9.17) is 9.47 Å². The predicted octanol–water partition coefficient (Wildman–Crippen LogP) is 3.81. The lowest BCUT2D eigenvalue weighted by Crippen LogP contribution is -2.36. The number of aliphatic imine (C=N–C) groups is 1. The van der Waals surface area contributed by atoms with E-state index in [1.54, 1.807) is 25.2 Å². The van der Waals surface area contributed by atoms with Crippen LogP contribution in [0.4, 0.5) is 8.78 Å². The van der Waals surface area contributed by atoms with Gasteiger partial charge >= 0.3 is 6.61 Å². The van der Waals surface area contributed by atoms with Crippen molar-refractivity contribution in [3.05, 3.63) is 53.1 Å². The Morgan fingerprint density at radius 3 is 2.61 bits per heavy atom. The van der Waals surface area contributed by atoms with E-state index in [9.17, 15) is 8.78 Å². The third kappa shape index (κ3) is 5.85. The van der Waals surface area contributed by atoms with E-state index in [0.717, 1.165) is 16.9 Å². The number of aryl methyl sites for hydroxylation is 1. The van der Waals surface area contributed by atoms with Crippen LogP contribution >= 0.6 is 24.0 Å². The Bertz CT molecular complexity index is 834. The van der Waals surface area contributed by atoms with Crippen molar-refractivity contribution < 1.29 is 23.0 Å². The summed E-state index contributed by atoms with van der Waals surface area (Å²) in [5.41, 5.74) is 2.58. The molecule has 1 aliphatic heterocycles. The Balaban J connectivity index is 0.00000280. The van der Waals surface area contributed by atoms with E-state index in [2.05, 4.69) is 20.4 Å². The summed E-state index contributed by atoms with van der Waals surface area (Å²) in [7, 11) is 1.64. The minimum absolute atomic E-state index is 0. The SMILES string of the molecule is CN=C(NCc1ccc2c(c1)OCO2)NCc1cc(C)ccc1OC(F)F.I. The molecule has 0 amide bonds. The molecule has 0 aliphatic carbocycles. The van der Waals surface area contributed by atoms with E-state index >= 15 is 0 Å². The zero-order valence-electron chi connectivity index (χ0n) is 15.5. The monoisotopic (exact) mass is 505 g/mol. The van der Waals surface area contributed by atoms with Crippen molar-refractivity contribution in [1.82, 2.24) is 10.6 Å². The lowest BCUT2D eigenvalue weighted by atomic mass is 10.1. The van der Waals surface area contributed by atoms with Gasteiger partial charge in [0, 0.05) is 25.7 Å². The molecule has 1 aliphatic rings. The molecule has 0 aromatic heterocycles. The van der Waals surface area contributed by atoms with E-state index in [1.165, 1.54) is 0 Å². The molecule has 0 unspecified atom stereocenters. The molecule has 3 rings (SSSR count). The van der Waals surface area contributed by atoms with Gasteiger partial charge in [0.2, 0.25) is 6.79 Å². The number of alkyl halides is 2. The number of benzene rings is 2. The van der Waals surface area contributed by atoms with Gasteiger partial charge in [-0.3, -0.25) is 4.99 Å². The van der Waals surface area contributed by atoms with Crippen LogP contribution in [0.3, 0.4) is 0 Å². The normalized spacial score (nSPS) is 12.5. The Labute approximate surface area is 179 Å². The van der Waals surface area contributed by atoms with Crippen LogP contribution in [0.2, 0.25) is 0 Å². The van der Waals surface area contributed by atoms with Crippen molar-refractivity contribution in [2.75, 3.05) is 13.8 Å². The van der Waals surface area contributed by atoms with Crippen LogP contribution in [-0.2, 0) is 13.1 Å². The van der Waals surface area contributed by atoms with Crippen LogP contribution in [0.5, 0.6) is 17.2 Å². The Hall–Kier alpha value is -2.30. The Morgan fingerprint density at radius 2 is 1.86 bits per heavy atom. The van der Waals surface area contributed by atoms with Crippen LogP contribution in [0.15, 0.2) is 41.4 Å². The highest BCUT2D eigenvalue weighted by molar-refractivity contribution is 14.0. The molecule has 0 spiro atoms. The summed E-state index contributed by atoms with van der Waals surface area (Å²) in [6.07, 6.45) is 0. The number of fused-ring (bicyclic) bond motifs is 1. The maximum atomic E-state index is 12.6. The summed E-state index contributed by atoms with van der Waals surface area (Å²) in [6.45, 7) is 0.0711. The first-order chi connectivity index (χ1) is 13.0. The smallest absolute Gasteiger partial charge is 0.387 e. The zero-order valence-corrected chi connectivity index (χ0v) is 17.8. The minimum Gasteiger partial charge on any atom is -0.454 e. The van der Waals surface area contributed by atoms with Gasteiger partial charge in [0.05, 0.1) is 0 Å². The summed E-state index contributed by atoms with van der Waals surface area (Å²) in [4.78, 5) is 4.15. The fourth-order valence-corrected chi connectivity index (χ4v) is 2.69. The van der Waals surface area contributed by atoms with Gasteiger partial charge in [-0.15, -0.1) is 24.0 Å². The molecular weight excluding hydrogens is 483 g/mol. The lowest BCUT2D eigenvalue weighted by molar-refractivity contribution is -0.0504. The van der Waals surface area contributed by atoms with E-state index in [1.807, 2.05) is 25.1 Å². The third-order valence-corrected chi connectivity index (χ3v) is 4.00. The first kappa shape index (κ1) is 22.0. The second-order valence-electron chi connectivity index (χ2n) is 5.96. The maximum absolute atomic E-state index is 12.6. The molecule has 152 valence electrons. The summed E-state index contributed by atoms with van der Waals surface area (Å²) in [5.74, 6) is 2.13. The second-order valence-corrected chi connectivity index (χ2v) is 5.96. The predicted molar refractivity (Wildman–Crippen MR) is 113 cm³/mol. The van der Waals surface area contributed by atoms with E-state index < -0.39 is 6.61 Å². The molecule has 0 radical (unpaired) electrons. The van der Waals surface area contributed by atoms with Gasteiger partial charge in [0.15, 0.2) is 17.5 Å². The number of nitrogens with one attached hydrogen (secondary N) is 2. The third-order valence-electron chi connectivity index (χ3n) is 4.00. The standard InChI is InChI=1S/C19H21F2N3O3.HI/c1-12-3-5-15(27-18(20)21)14(7-12)10-24-19(22-2)23-9-13-4-6-16-17(8-13)26-11-25-16;/h3-8,18H,9-11H2,1-2H3,(H2,22,23,24);1H. The molecule has 2 N–H and O–H groups in total. The van der Waals surface area contributed by atoms with E-state index in [-0.39, 0.29) is 36.5 Å². The second kappa shape index (κ2) is 10.3. The van der Waals surface area contributed by atoms with Crippen LogP contribution < -0.4 is 24.8 Å². The lowest BCUT2D eigenvalue weighted by Gasteiger charge is -2.15. The van der Waals surface area contributed by atoms with Crippen molar-refractivity contribution in [3.8, 4) is 17.2 Å². The van der Waals surface area contributed by atoms with Crippen molar-refractivity contribution in [1.29, 1.82) is 0 Å².